The van der Waals surface area contributed by atoms with Crippen molar-refractivity contribution >= 4 is 0 Å². The van der Waals surface area contributed by atoms with Crippen molar-refractivity contribution in [1.82, 2.24) is 0 Å². The Morgan fingerprint density at radius 2 is 1.80 bits per heavy atom. The van der Waals surface area contributed by atoms with E-state index >= 15 is 0 Å². The lowest BCUT2D eigenvalue weighted by atomic mass is 10.5. The molecular formula is C8H16O2. The average Bonchev–Trinajstić information content (AvgIpc) is 1.89. The van der Waals surface area contributed by atoms with E-state index in [9.17, 15) is 0 Å². The molecule has 0 aromatic carbocycles. The van der Waals surface area contributed by atoms with E-state index < -0.39 is 0 Å². The maximum atomic E-state index is 8.43. The van der Waals surface area contributed by atoms with Crippen LogP contribution in [0.4, 0.5) is 0 Å². The molecule has 1 atom stereocenters. The fraction of sp³-hybridized carbons (Fsp3) is 0.750. The van der Waals surface area contributed by atoms with Gasteiger partial charge in [0.05, 0.1) is 12.7 Å². The van der Waals surface area contributed by atoms with Crippen LogP contribution in [0, 0.1) is 11.8 Å². The van der Waals surface area contributed by atoms with Crippen molar-refractivity contribution in [2.75, 3.05) is 13.7 Å². The summed E-state index contributed by atoms with van der Waals surface area (Å²) >= 11 is 0. The van der Waals surface area contributed by atoms with Crippen LogP contribution in [0.5, 0.6) is 0 Å². The third kappa shape index (κ3) is 25.9. The second-order valence-electron chi connectivity index (χ2n) is 1.80. The van der Waals surface area contributed by atoms with Gasteiger partial charge in [-0.1, -0.05) is 0 Å². The second-order valence-corrected chi connectivity index (χ2v) is 1.80. The van der Waals surface area contributed by atoms with Crippen molar-refractivity contribution in [2.24, 2.45) is 0 Å². The first-order valence-electron chi connectivity index (χ1n) is 3.19. The molecule has 0 aromatic rings. The molecule has 0 heterocycles. The molecule has 0 aliphatic carbocycles. The number of ether oxygens (including phenoxy) is 1. The van der Waals surface area contributed by atoms with E-state index in [0.29, 0.717) is 6.61 Å². The van der Waals surface area contributed by atoms with Gasteiger partial charge in [-0.15, -0.1) is 11.8 Å². The molecule has 0 saturated carbocycles. The fourth-order valence-corrected chi connectivity index (χ4v) is 0.241. The topological polar surface area (TPSA) is 29.5 Å². The summed E-state index contributed by atoms with van der Waals surface area (Å²) in [5.74, 6) is 5.36. The van der Waals surface area contributed by atoms with Gasteiger partial charge >= 0.3 is 0 Å². The highest BCUT2D eigenvalue weighted by Gasteiger charge is 1.87. The van der Waals surface area contributed by atoms with E-state index in [-0.39, 0.29) is 6.10 Å². The number of hydrogen-bond acceptors (Lipinski definition) is 2. The minimum atomic E-state index is -0.324. The number of rotatable bonds is 2. The Kier molecular flexibility index (Phi) is 13.8. The second kappa shape index (κ2) is 11.3. The monoisotopic (exact) mass is 144 g/mol. The van der Waals surface area contributed by atoms with Gasteiger partial charge in [0.1, 0.15) is 0 Å². The summed E-state index contributed by atoms with van der Waals surface area (Å²) in [5.41, 5.74) is 0. The maximum Gasteiger partial charge on any atom is 0.0745 e. The Hall–Kier alpha value is -0.520. The van der Waals surface area contributed by atoms with Crippen LogP contribution >= 0.6 is 0 Å². The summed E-state index contributed by atoms with van der Waals surface area (Å²) in [5, 5.41) is 8.43. The molecule has 0 aliphatic heterocycles. The lowest BCUT2D eigenvalue weighted by Gasteiger charge is -1.97. The van der Waals surface area contributed by atoms with Gasteiger partial charge in [0.2, 0.25) is 0 Å². The van der Waals surface area contributed by atoms with Gasteiger partial charge in [0.25, 0.3) is 0 Å². The molecular weight excluding hydrogens is 128 g/mol. The van der Waals surface area contributed by atoms with Crippen molar-refractivity contribution < 1.29 is 9.84 Å². The molecule has 10 heavy (non-hydrogen) atoms. The van der Waals surface area contributed by atoms with Crippen molar-refractivity contribution in [3.8, 4) is 11.8 Å². The highest BCUT2D eigenvalue weighted by atomic mass is 16.5. The first kappa shape index (κ1) is 12.2. The lowest BCUT2D eigenvalue weighted by Crippen LogP contribution is -2.07. The molecule has 0 rings (SSSR count). The molecule has 60 valence electrons. The summed E-state index contributed by atoms with van der Waals surface area (Å²) in [7, 11) is 1.56. The molecule has 0 radical (unpaired) electrons. The van der Waals surface area contributed by atoms with Gasteiger partial charge in [0, 0.05) is 7.11 Å². The summed E-state index contributed by atoms with van der Waals surface area (Å²) in [4.78, 5) is 0. The molecule has 1 N–H and O–H groups in total. The lowest BCUT2D eigenvalue weighted by molar-refractivity contribution is 0.0765. The highest BCUT2D eigenvalue weighted by Crippen LogP contribution is 1.75. The fourth-order valence-electron chi connectivity index (χ4n) is 0.241. The zero-order valence-electron chi connectivity index (χ0n) is 7.14. The van der Waals surface area contributed by atoms with Gasteiger partial charge < -0.3 is 9.84 Å². The normalized spacial score (nSPS) is 10.1. The minimum Gasteiger partial charge on any atom is -0.391 e. The van der Waals surface area contributed by atoms with E-state index in [1.54, 1.807) is 14.0 Å². The van der Waals surface area contributed by atoms with Crippen LogP contribution in [0.2, 0.25) is 0 Å². The third-order valence-corrected chi connectivity index (χ3v) is 0.658. The zero-order valence-corrected chi connectivity index (χ0v) is 7.14. The Balaban J connectivity index is 0. The van der Waals surface area contributed by atoms with E-state index in [0.717, 1.165) is 0 Å². The molecule has 2 nitrogen and oxygen atoms in total. The predicted octanol–water partition coefficient (Wildman–Crippen LogP) is 1.04. The first-order valence-corrected chi connectivity index (χ1v) is 3.19. The number of methoxy groups -OCH3 is 1. The molecule has 0 aliphatic rings. The van der Waals surface area contributed by atoms with Crippen molar-refractivity contribution in [2.45, 2.75) is 26.9 Å². The van der Waals surface area contributed by atoms with E-state index in [1.165, 1.54) is 0 Å². The molecule has 0 aromatic heterocycles. The van der Waals surface area contributed by atoms with Crippen LogP contribution in [0.3, 0.4) is 0 Å². The van der Waals surface area contributed by atoms with Gasteiger partial charge in [-0.3, -0.25) is 0 Å². The van der Waals surface area contributed by atoms with Gasteiger partial charge in [-0.05, 0) is 20.8 Å². The highest BCUT2D eigenvalue weighted by molar-refractivity contribution is 4.89. The molecule has 0 saturated heterocycles. The molecule has 0 fully saturated rings. The van der Waals surface area contributed by atoms with E-state index in [4.69, 9.17) is 5.11 Å². The smallest absolute Gasteiger partial charge is 0.0745 e. The largest absolute Gasteiger partial charge is 0.391 e. The molecule has 2 heteroatoms. The summed E-state index contributed by atoms with van der Waals surface area (Å²) in [6.07, 6.45) is -0.324. The predicted molar refractivity (Wildman–Crippen MR) is 42.7 cm³/mol. The molecule has 0 spiro atoms. The van der Waals surface area contributed by atoms with Crippen molar-refractivity contribution in [3.05, 3.63) is 0 Å². The van der Waals surface area contributed by atoms with E-state index in [1.807, 2.05) is 13.8 Å². The Bertz CT molecular complexity index is 91.6. The Morgan fingerprint density at radius 3 is 1.80 bits per heavy atom. The quantitative estimate of drug-likeness (QED) is 0.587. The summed E-state index contributed by atoms with van der Waals surface area (Å²) in [6, 6.07) is 0. The summed E-state index contributed by atoms with van der Waals surface area (Å²) < 4.78 is 4.55. The molecule has 0 amide bonds. The zero-order chi connectivity index (χ0) is 8.41. The van der Waals surface area contributed by atoms with Crippen LogP contribution < -0.4 is 0 Å². The number of hydrogen-bond donors (Lipinski definition) is 1. The van der Waals surface area contributed by atoms with Gasteiger partial charge in [-0.25, -0.2) is 0 Å². The van der Waals surface area contributed by atoms with E-state index in [2.05, 4.69) is 16.6 Å². The standard InChI is InChI=1S/C4H10O2.C4H6/c1-4(5)3-6-2;1-3-4-2/h4-5H,3H2,1-2H3;1-2H3. The summed E-state index contributed by atoms with van der Waals surface area (Å²) in [6.45, 7) is 5.75. The van der Waals surface area contributed by atoms with Crippen LogP contribution in [0.15, 0.2) is 0 Å². The van der Waals surface area contributed by atoms with Crippen LogP contribution in [-0.4, -0.2) is 24.9 Å². The minimum absolute atomic E-state index is 0.324. The maximum absolute atomic E-state index is 8.43. The average molecular weight is 144 g/mol. The molecule has 0 bridgehead atoms. The number of aliphatic hydroxyl groups is 1. The first-order chi connectivity index (χ1) is 4.68. The molecule has 1 unspecified atom stereocenters. The Morgan fingerprint density at radius 1 is 1.40 bits per heavy atom. The van der Waals surface area contributed by atoms with Crippen molar-refractivity contribution in [3.63, 3.8) is 0 Å². The van der Waals surface area contributed by atoms with Crippen molar-refractivity contribution in [1.29, 1.82) is 0 Å². The van der Waals surface area contributed by atoms with Crippen LogP contribution in [-0.2, 0) is 4.74 Å². The van der Waals surface area contributed by atoms with Crippen LogP contribution in [0.1, 0.15) is 20.8 Å². The van der Waals surface area contributed by atoms with Gasteiger partial charge in [0.15, 0.2) is 0 Å². The SMILES string of the molecule is CC#CC.COCC(C)O. The van der Waals surface area contributed by atoms with Crippen LogP contribution in [0.25, 0.3) is 0 Å². The Labute approximate surface area is 63.2 Å². The van der Waals surface area contributed by atoms with Gasteiger partial charge in [-0.2, -0.15) is 0 Å². The third-order valence-electron chi connectivity index (χ3n) is 0.658. The number of aliphatic hydroxyl groups excluding tert-OH is 1.